The molecule has 5 heterocycles. The van der Waals surface area contributed by atoms with Gasteiger partial charge in [0.15, 0.2) is 0 Å². The molecule has 0 spiro atoms. The van der Waals surface area contributed by atoms with Gasteiger partial charge in [-0.15, -0.1) is 0 Å². The van der Waals surface area contributed by atoms with Gasteiger partial charge in [-0.25, -0.2) is 0 Å². The highest BCUT2D eigenvalue weighted by Gasteiger charge is 2.49. The van der Waals surface area contributed by atoms with Crippen LogP contribution < -0.4 is 21.3 Å². The van der Waals surface area contributed by atoms with Crippen LogP contribution in [0.15, 0.2) is 36.4 Å². The van der Waals surface area contributed by atoms with Gasteiger partial charge in [0.25, 0.3) is 0 Å². The molecule has 4 heteroatoms. The van der Waals surface area contributed by atoms with Gasteiger partial charge >= 0.3 is 0 Å². The Morgan fingerprint density at radius 2 is 0.480 bits per heavy atom. The van der Waals surface area contributed by atoms with Gasteiger partial charge in [-0.05, 0) is 164 Å². The maximum Gasteiger partial charge on any atom is 0.0224 e. The smallest absolute Gasteiger partial charge is 0.0224 e. The van der Waals surface area contributed by atoms with Crippen molar-refractivity contribution >= 4 is 0 Å². The Morgan fingerprint density at radius 1 is 0.300 bits per heavy atom. The van der Waals surface area contributed by atoms with Crippen LogP contribution in [-0.4, -0.2) is 48.3 Å². The van der Waals surface area contributed by atoms with Gasteiger partial charge in [0.05, 0.1) is 0 Å². The first kappa shape index (κ1) is 34.6. The van der Waals surface area contributed by atoms with Gasteiger partial charge in [0.2, 0.25) is 0 Å². The molecular formula is C46H64N4. The molecule has 5 saturated heterocycles. The van der Waals surface area contributed by atoms with E-state index in [1.807, 2.05) is 0 Å². The summed E-state index contributed by atoms with van der Waals surface area (Å²) in [6, 6.07) is 18.6. The molecule has 4 N–H and O–H groups in total. The van der Waals surface area contributed by atoms with Gasteiger partial charge < -0.3 is 21.3 Å². The van der Waals surface area contributed by atoms with Gasteiger partial charge in [-0.3, -0.25) is 0 Å². The lowest BCUT2D eigenvalue weighted by atomic mass is 9.78. The third-order valence-corrected chi connectivity index (χ3v) is 14.2. The summed E-state index contributed by atoms with van der Waals surface area (Å²) in [7, 11) is 0. The number of hydrogen-bond donors (Lipinski definition) is 4. The van der Waals surface area contributed by atoms with Crippen LogP contribution in [0.5, 0.6) is 0 Å². The van der Waals surface area contributed by atoms with E-state index < -0.39 is 0 Å². The standard InChI is InChI=1S/C46H64N4/c1-24-18-27(4)41(28(5)19-24)44-35-12-10-33(47-35)34-11-13-36(48-34)45(42-29(6)20-25(2)21-30(42)7)38-15-17-40(50-38)46(39-16-14-37(44)49-39)43-31(8)22-26(3)23-32(43)9/h18-23,33-40,44-50H,10-17H2,1-9H3. The largest absolute Gasteiger partial charge is 0.310 e. The molecule has 10 atom stereocenters. The lowest BCUT2D eigenvalue weighted by Gasteiger charge is -2.37. The molecule has 0 amide bonds. The summed E-state index contributed by atoms with van der Waals surface area (Å²) in [4.78, 5) is 0. The summed E-state index contributed by atoms with van der Waals surface area (Å²) in [5.41, 5.74) is 17.9. The quantitative estimate of drug-likeness (QED) is 0.225. The normalized spacial score (nSPS) is 35.3. The second-order valence-corrected chi connectivity index (χ2v) is 17.8. The fourth-order valence-corrected chi connectivity index (χ4v) is 12.7. The Kier molecular flexibility index (Phi) is 9.32. The number of rotatable bonds is 3. The maximum absolute atomic E-state index is 4.47. The Bertz CT molecular complexity index is 1590. The summed E-state index contributed by atoms with van der Waals surface area (Å²) < 4.78 is 0. The zero-order valence-corrected chi connectivity index (χ0v) is 32.5. The van der Waals surface area contributed by atoms with E-state index in [1.165, 1.54) is 101 Å². The molecule has 0 aromatic heterocycles. The molecule has 10 unspecified atom stereocenters. The van der Waals surface area contributed by atoms with Crippen LogP contribution in [0.2, 0.25) is 0 Å². The Hall–Kier alpha value is -2.50. The third kappa shape index (κ3) is 6.10. The van der Waals surface area contributed by atoms with Crippen molar-refractivity contribution in [2.75, 3.05) is 0 Å². The molecule has 4 nitrogen and oxygen atoms in total. The fraction of sp³-hybridized carbons (Fsp3) is 0.609. The highest BCUT2D eigenvalue weighted by molar-refractivity contribution is 5.46. The van der Waals surface area contributed by atoms with Crippen molar-refractivity contribution in [1.82, 2.24) is 21.3 Å². The third-order valence-electron chi connectivity index (χ3n) is 14.2. The number of fused-ring (bicyclic) bond motifs is 9. The summed E-state index contributed by atoms with van der Waals surface area (Å²) in [6.45, 7) is 21.1. The minimum Gasteiger partial charge on any atom is -0.310 e. The van der Waals surface area contributed by atoms with Crippen molar-refractivity contribution in [1.29, 1.82) is 0 Å². The Morgan fingerprint density at radius 3 is 0.700 bits per heavy atom. The number of benzene rings is 3. The van der Waals surface area contributed by atoms with Crippen LogP contribution in [-0.2, 0) is 0 Å². The number of hydrogen-bond acceptors (Lipinski definition) is 4. The molecule has 5 aliphatic rings. The zero-order valence-electron chi connectivity index (χ0n) is 32.5. The SMILES string of the molecule is Cc1cc(C)c(C2C3CCC(N3)C3CCC(N3)C(c3c(C)cc(C)cc3C)C3CCC(N3)C(c3c(C)cc(C)cc3C)C3CCC2N3)c(C)c1. The number of aryl methyl sites for hydroxylation is 9. The maximum atomic E-state index is 4.47. The van der Waals surface area contributed by atoms with Crippen LogP contribution in [0.4, 0.5) is 0 Å². The van der Waals surface area contributed by atoms with E-state index >= 15 is 0 Å². The predicted octanol–water partition coefficient (Wildman–Crippen LogP) is 8.61. The molecule has 0 saturated carbocycles. The van der Waals surface area contributed by atoms with Crippen molar-refractivity contribution < 1.29 is 0 Å². The molecular weight excluding hydrogens is 609 g/mol. The van der Waals surface area contributed by atoms with E-state index in [2.05, 4.69) is 120 Å². The highest BCUT2D eigenvalue weighted by Crippen LogP contribution is 2.46. The highest BCUT2D eigenvalue weighted by atomic mass is 15.1. The first-order chi connectivity index (χ1) is 24.0. The van der Waals surface area contributed by atoms with Crippen molar-refractivity contribution in [3.8, 4) is 0 Å². The lowest BCUT2D eigenvalue weighted by Crippen LogP contribution is -2.50. The summed E-state index contributed by atoms with van der Waals surface area (Å²) >= 11 is 0. The van der Waals surface area contributed by atoms with Gasteiger partial charge in [-0.1, -0.05) is 53.1 Å². The fourth-order valence-electron chi connectivity index (χ4n) is 12.7. The summed E-state index contributed by atoms with van der Waals surface area (Å²) in [5.74, 6) is 1.40. The second kappa shape index (κ2) is 13.5. The van der Waals surface area contributed by atoms with Crippen molar-refractivity contribution in [2.45, 2.75) is 180 Å². The molecule has 3 aromatic carbocycles. The van der Waals surface area contributed by atoms with E-state index in [4.69, 9.17) is 0 Å². The molecule has 5 aliphatic heterocycles. The first-order valence-corrected chi connectivity index (χ1v) is 20.2. The average Bonchev–Trinajstić information content (AvgIpc) is 3.85. The van der Waals surface area contributed by atoms with Crippen LogP contribution in [0, 0.1) is 62.3 Å². The molecule has 0 aliphatic carbocycles. The molecule has 3 aromatic rings. The zero-order chi connectivity index (χ0) is 35.0. The van der Waals surface area contributed by atoms with E-state index in [1.54, 1.807) is 16.7 Å². The molecule has 268 valence electrons. The topological polar surface area (TPSA) is 48.1 Å². The van der Waals surface area contributed by atoms with Crippen LogP contribution >= 0.6 is 0 Å². The molecule has 8 bridgehead atoms. The molecule has 8 rings (SSSR count). The van der Waals surface area contributed by atoms with E-state index in [0.29, 0.717) is 66.1 Å². The van der Waals surface area contributed by atoms with E-state index in [9.17, 15) is 0 Å². The Labute approximate surface area is 303 Å². The van der Waals surface area contributed by atoms with Gasteiger partial charge in [0.1, 0.15) is 0 Å². The first-order valence-electron chi connectivity index (χ1n) is 20.2. The Balaban J connectivity index is 1.25. The molecule has 0 radical (unpaired) electrons. The van der Waals surface area contributed by atoms with Crippen molar-refractivity contribution in [3.63, 3.8) is 0 Å². The average molecular weight is 673 g/mol. The van der Waals surface area contributed by atoms with Crippen LogP contribution in [0.1, 0.15) is 136 Å². The van der Waals surface area contributed by atoms with Crippen LogP contribution in [0.25, 0.3) is 0 Å². The second-order valence-electron chi connectivity index (χ2n) is 17.8. The predicted molar refractivity (Wildman–Crippen MR) is 210 cm³/mol. The summed E-state index contributed by atoms with van der Waals surface area (Å²) in [6.07, 6.45) is 10.0. The van der Waals surface area contributed by atoms with E-state index in [0.717, 1.165) is 0 Å². The lowest BCUT2D eigenvalue weighted by molar-refractivity contribution is 0.328. The van der Waals surface area contributed by atoms with Crippen molar-refractivity contribution in [3.05, 3.63) is 103 Å². The summed E-state index contributed by atoms with van der Waals surface area (Å²) in [5, 5.41) is 17.6. The van der Waals surface area contributed by atoms with Gasteiger partial charge in [0, 0.05) is 66.1 Å². The van der Waals surface area contributed by atoms with Crippen LogP contribution in [0.3, 0.4) is 0 Å². The minimum absolute atomic E-state index is 0.450. The van der Waals surface area contributed by atoms with Gasteiger partial charge in [-0.2, -0.15) is 0 Å². The molecule has 5 fully saturated rings. The van der Waals surface area contributed by atoms with E-state index in [-0.39, 0.29) is 0 Å². The van der Waals surface area contributed by atoms with Crippen molar-refractivity contribution in [2.24, 2.45) is 0 Å². The minimum atomic E-state index is 0.450. The molecule has 50 heavy (non-hydrogen) atoms. The number of nitrogens with one attached hydrogen (secondary N) is 4. The monoisotopic (exact) mass is 673 g/mol.